The summed E-state index contributed by atoms with van der Waals surface area (Å²) in [5, 5.41) is 17.2. The van der Waals surface area contributed by atoms with Gasteiger partial charge in [-0.2, -0.15) is 0 Å². The maximum Gasteiger partial charge on any atom is 0.407 e. The first kappa shape index (κ1) is 26.3. The van der Waals surface area contributed by atoms with Crippen molar-refractivity contribution >= 4 is 39.5 Å². The van der Waals surface area contributed by atoms with Crippen LogP contribution < -0.4 is 16.4 Å². The molecule has 1 aliphatic rings. The first-order valence-electron chi connectivity index (χ1n) is 13.4. The van der Waals surface area contributed by atoms with Gasteiger partial charge in [0.1, 0.15) is 17.1 Å². The fourth-order valence-corrected chi connectivity index (χ4v) is 5.25. The third-order valence-corrected chi connectivity index (χ3v) is 7.12. The van der Waals surface area contributed by atoms with Crippen LogP contribution in [0.4, 0.5) is 4.79 Å². The normalized spacial score (nSPS) is 17.6. The number of alkyl carbamates (subject to hydrolysis) is 1. The Kier molecular flexibility index (Phi) is 7.04. The van der Waals surface area contributed by atoms with Crippen LogP contribution in [0.2, 0.25) is 0 Å². The highest BCUT2D eigenvalue weighted by Crippen LogP contribution is 2.29. The molecule has 2 amide bonds. The van der Waals surface area contributed by atoms with Crippen LogP contribution >= 0.6 is 0 Å². The molecule has 8 nitrogen and oxygen atoms in total. The molecular weight excluding hydrogens is 490 g/mol. The Labute approximate surface area is 228 Å². The Morgan fingerprint density at radius 1 is 0.872 bits per heavy atom. The van der Waals surface area contributed by atoms with Gasteiger partial charge in [0.15, 0.2) is 0 Å². The summed E-state index contributed by atoms with van der Waals surface area (Å²) in [7, 11) is 0. The standard InChI is InChI=1S/C31H35N5O3/c1-31(2,3)39-30(38)35-24-13-11-23(12-14-24)34-29(37)27-17-21-8-9-22(28(32)33)18-26(21)36(27)25-15-10-19-6-4-5-7-20(19)16-25/h4-10,15-18,23-24H,11-14H2,1-3H3,(H3,32,33)(H,34,37)(H,35,38). The highest BCUT2D eigenvalue weighted by molar-refractivity contribution is 6.03. The number of amidine groups is 1. The number of nitrogens with zero attached hydrogens (tertiary/aromatic N) is 1. The average molecular weight is 526 g/mol. The number of ether oxygens (including phenoxy) is 1. The summed E-state index contributed by atoms with van der Waals surface area (Å²) >= 11 is 0. The van der Waals surface area contributed by atoms with Crippen LogP contribution in [-0.4, -0.2) is 40.1 Å². The van der Waals surface area contributed by atoms with Crippen molar-refractivity contribution in [3.8, 4) is 5.69 Å². The van der Waals surface area contributed by atoms with Crippen LogP contribution in [-0.2, 0) is 4.74 Å². The van der Waals surface area contributed by atoms with E-state index in [-0.39, 0.29) is 23.8 Å². The van der Waals surface area contributed by atoms with Gasteiger partial charge in [0, 0.05) is 28.7 Å². The number of amides is 2. The van der Waals surface area contributed by atoms with Crippen molar-refractivity contribution in [1.29, 1.82) is 5.41 Å². The van der Waals surface area contributed by atoms with Crippen molar-refractivity contribution in [3.63, 3.8) is 0 Å². The van der Waals surface area contributed by atoms with Crippen LogP contribution in [0.3, 0.4) is 0 Å². The van der Waals surface area contributed by atoms with E-state index in [1.54, 1.807) is 6.07 Å². The lowest BCUT2D eigenvalue weighted by atomic mass is 9.91. The average Bonchev–Trinajstić information content (AvgIpc) is 3.27. The summed E-state index contributed by atoms with van der Waals surface area (Å²) in [5.41, 5.74) is 8.05. The van der Waals surface area contributed by atoms with E-state index in [1.807, 2.05) is 67.8 Å². The number of nitrogens with two attached hydrogens (primary N) is 1. The van der Waals surface area contributed by atoms with E-state index in [1.165, 1.54) is 0 Å². The maximum atomic E-state index is 13.7. The summed E-state index contributed by atoms with van der Waals surface area (Å²) in [6.45, 7) is 5.53. The highest BCUT2D eigenvalue weighted by atomic mass is 16.6. The number of carbonyl (C=O) groups excluding carboxylic acids is 2. The van der Waals surface area contributed by atoms with Gasteiger partial charge in [0.25, 0.3) is 5.91 Å². The van der Waals surface area contributed by atoms with Gasteiger partial charge in [-0.1, -0.05) is 42.5 Å². The molecule has 0 spiro atoms. The van der Waals surface area contributed by atoms with Crippen molar-refractivity contribution in [3.05, 3.63) is 78.0 Å². The zero-order valence-corrected chi connectivity index (χ0v) is 22.6. The summed E-state index contributed by atoms with van der Waals surface area (Å²) in [6.07, 6.45) is 2.65. The highest BCUT2D eigenvalue weighted by Gasteiger charge is 2.27. The largest absolute Gasteiger partial charge is 0.444 e. The third kappa shape index (κ3) is 5.90. The molecule has 0 aliphatic heterocycles. The fraction of sp³-hybridized carbons (Fsp3) is 0.323. The minimum Gasteiger partial charge on any atom is -0.444 e. The molecule has 0 atom stereocenters. The Morgan fingerprint density at radius 2 is 1.51 bits per heavy atom. The molecule has 0 unspecified atom stereocenters. The molecule has 0 radical (unpaired) electrons. The Hall–Kier alpha value is -4.33. The molecule has 202 valence electrons. The number of carbonyl (C=O) groups is 2. The number of hydrogen-bond donors (Lipinski definition) is 4. The van der Waals surface area contributed by atoms with Gasteiger partial charge in [-0.25, -0.2) is 4.79 Å². The summed E-state index contributed by atoms with van der Waals surface area (Å²) in [5.74, 6) is -0.182. The maximum absolute atomic E-state index is 13.7. The number of hydrogen-bond acceptors (Lipinski definition) is 4. The molecule has 1 saturated carbocycles. The lowest BCUT2D eigenvalue weighted by Gasteiger charge is -2.30. The minimum atomic E-state index is -0.538. The van der Waals surface area contributed by atoms with Crippen molar-refractivity contribution in [2.24, 2.45) is 5.73 Å². The van der Waals surface area contributed by atoms with Crippen molar-refractivity contribution in [2.45, 2.75) is 64.1 Å². The molecule has 3 aromatic carbocycles. The smallest absolute Gasteiger partial charge is 0.407 e. The lowest BCUT2D eigenvalue weighted by Crippen LogP contribution is -2.45. The van der Waals surface area contributed by atoms with E-state index < -0.39 is 11.7 Å². The zero-order valence-electron chi connectivity index (χ0n) is 22.6. The second kappa shape index (κ2) is 10.4. The number of aromatic nitrogens is 1. The molecule has 5 N–H and O–H groups in total. The monoisotopic (exact) mass is 525 g/mol. The molecule has 0 saturated heterocycles. The van der Waals surface area contributed by atoms with E-state index in [2.05, 4.69) is 28.8 Å². The minimum absolute atomic E-state index is 0.00466. The van der Waals surface area contributed by atoms with Crippen molar-refractivity contribution in [1.82, 2.24) is 15.2 Å². The van der Waals surface area contributed by atoms with Gasteiger partial charge >= 0.3 is 6.09 Å². The molecule has 4 aromatic rings. The van der Waals surface area contributed by atoms with Gasteiger partial charge in [-0.15, -0.1) is 0 Å². The predicted octanol–water partition coefficient (Wildman–Crippen LogP) is 5.63. The number of fused-ring (bicyclic) bond motifs is 2. The fourth-order valence-electron chi connectivity index (χ4n) is 5.25. The van der Waals surface area contributed by atoms with E-state index in [0.717, 1.165) is 53.0 Å². The molecule has 0 bridgehead atoms. The van der Waals surface area contributed by atoms with Gasteiger partial charge in [0.2, 0.25) is 0 Å². The second-order valence-corrected chi connectivity index (χ2v) is 11.3. The Balaban J connectivity index is 1.39. The number of benzene rings is 3. The molecule has 1 fully saturated rings. The Bertz CT molecular complexity index is 1560. The quantitative estimate of drug-likeness (QED) is 0.199. The SMILES string of the molecule is CC(C)(C)OC(=O)NC1CCC(NC(=O)c2cc3ccc(C(=N)N)cc3n2-c2ccc3ccccc3c2)CC1. The molecule has 1 aromatic heterocycles. The van der Waals surface area contributed by atoms with Gasteiger partial charge in [-0.05, 0) is 81.5 Å². The molecule has 39 heavy (non-hydrogen) atoms. The van der Waals surface area contributed by atoms with Gasteiger partial charge in [0.05, 0.1) is 5.52 Å². The predicted molar refractivity (Wildman–Crippen MR) is 155 cm³/mol. The van der Waals surface area contributed by atoms with Crippen molar-refractivity contribution < 1.29 is 14.3 Å². The first-order valence-corrected chi connectivity index (χ1v) is 13.4. The van der Waals surface area contributed by atoms with E-state index in [0.29, 0.717) is 11.3 Å². The number of nitrogen functional groups attached to an aromatic ring is 1. The second-order valence-electron chi connectivity index (χ2n) is 11.3. The van der Waals surface area contributed by atoms with Crippen LogP contribution in [0.5, 0.6) is 0 Å². The number of rotatable bonds is 5. The lowest BCUT2D eigenvalue weighted by molar-refractivity contribution is 0.0488. The Morgan fingerprint density at radius 3 is 2.18 bits per heavy atom. The third-order valence-electron chi connectivity index (χ3n) is 7.12. The van der Waals surface area contributed by atoms with Crippen LogP contribution in [0.1, 0.15) is 62.5 Å². The van der Waals surface area contributed by atoms with E-state index in [4.69, 9.17) is 15.9 Å². The van der Waals surface area contributed by atoms with E-state index >= 15 is 0 Å². The molecule has 8 heteroatoms. The zero-order chi connectivity index (χ0) is 27.7. The summed E-state index contributed by atoms with van der Waals surface area (Å²) in [6, 6.07) is 21.7. The topological polar surface area (TPSA) is 122 Å². The van der Waals surface area contributed by atoms with E-state index in [9.17, 15) is 9.59 Å². The number of nitrogens with one attached hydrogen (secondary N) is 3. The molecule has 1 aliphatic carbocycles. The van der Waals surface area contributed by atoms with Crippen molar-refractivity contribution in [2.75, 3.05) is 0 Å². The first-order chi connectivity index (χ1) is 18.6. The molecule has 5 rings (SSSR count). The molecular formula is C31H35N5O3. The molecule has 1 heterocycles. The van der Waals surface area contributed by atoms with Crippen LogP contribution in [0, 0.1) is 5.41 Å². The van der Waals surface area contributed by atoms with Gasteiger partial charge in [-0.3, -0.25) is 10.2 Å². The van der Waals surface area contributed by atoms with Crippen LogP contribution in [0.15, 0.2) is 66.7 Å². The van der Waals surface area contributed by atoms with Gasteiger partial charge < -0.3 is 25.7 Å². The summed E-state index contributed by atoms with van der Waals surface area (Å²) in [4.78, 5) is 25.8. The summed E-state index contributed by atoms with van der Waals surface area (Å²) < 4.78 is 7.32. The van der Waals surface area contributed by atoms with Crippen LogP contribution in [0.25, 0.3) is 27.4 Å².